The highest BCUT2D eigenvalue weighted by atomic mass is 35.5. The summed E-state index contributed by atoms with van der Waals surface area (Å²) in [6, 6.07) is 1.30. The van der Waals surface area contributed by atoms with E-state index in [1.807, 2.05) is 0 Å². The number of Topliss-reactive ketones (excluding diaryl/α,β-unsaturated/α-hetero) is 1. The van der Waals surface area contributed by atoms with E-state index in [4.69, 9.17) is 16.7 Å². The molecule has 0 fully saturated rings. The van der Waals surface area contributed by atoms with Crippen molar-refractivity contribution in [2.75, 3.05) is 0 Å². The van der Waals surface area contributed by atoms with Crippen LogP contribution in [0.15, 0.2) is 27.8 Å². The number of carbonyl (C=O) groups is 2. The molecule has 1 unspecified atom stereocenters. The number of carboxylic acid groups (broad SMARTS) is 1. The van der Waals surface area contributed by atoms with Crippen LogP contribution >= 0.6 is 11.6 Å². The maximum atomic E-state index is 14.3. The van der Waals surface area contributed by atoms with Crippen LogP contribution in [-0.2, 0) is 18.0 Å². The van der Waals surface area contributed by atoms with Gasteiger partial charge in [0.25, 0.3) is 5.56 Å². The van der Waals surface area contributed by atoms with Crippen LogP contribution < -0.4 is 11.2 Å². The van der Waals surface area contributed by atoms with Crippen molar-refractivity contribution in [3.8, 4) is 5.69 Å². The van der Waals surface area contributed by atoms with Crippen molar-refractivity contribution in [3.05, 3.63) is 61.1 Å². The van der Waals surface area contributed by atoms with Crippen LogP contribution in [0, 0.1) is 11.7 Å². The zero-order chi connectivity index (χ0) is 21.5. The summed E-state index contributed by atoms with van der Waals surface area (Å²) in [7, 11) is 0.730. The van der Waals surface area contributed by atoms with Crippen molar-refractivity contribution in [2.24, 2.45) is 13.0 Å². The number of benzene rings is 1. The summed E-state index contributed by atoms with van der Waals surface area (Å²) in [5.41, 5.74) is -5.93. The maximum Gasteiger partial charge on any atom is 0.431 e. The van der Waals surface area contributed by atoms with Gasteiger partial charge < -0.3 is 5.11 Å². The van der Waals surface area contributed by atoms with Gasteiger partial charge in [-0.1, -0.05) is 11.6 Å². The van der Waals surface area contributed by atoms with Gasteiger partial charge in [-0.2, -0.15) is 13.2 Å². The standard InChI is InChI=1S/C16H11ClF4N2O5/c1-6(14(26)27)13(25)7-3-10(9(18)4-8(7)17)23-12(24)5-11(16(19,20)21)22(2)15(23)28/h3-6H,1-2H3,(H,26,27). The molecular weight excluding hydrogens is 412 g/mol. The first-order valence-corrected chi connectivity index (χ1v) is 7.81. The minimum atomic E-state index is -5.01. The van der Waals surface area contributed by atoms with Gasteiger partial charge in [-0.3, -0.25) is 19.0 Å². The van der Waals surface area contributed by atoms with Crippen LogP contribution in [0.4, 0.5) is 17.6 Å². The predicted molar refractivity (Wildman–Crippen MR) is 88.4 cm³/mol. The molecule has 0 radical (unpaired) electrons. The summed E-state index contributed by atoms with van der Waals surface area (Å²) < 4.78 is 53.2. The molecule has 0 aliphatic heterocycles. The SMILES string of the molecule is CC(C(=O)O)C(=O)c1cc(-n2c(=O)cc(C(F)(F)F)n(C)c2=O)c(F)cc1Cl. The number of hydrogen-bond donors (Lipinski definition) is 1. The fraction of sp³-hybridized carbons (Fsp3) is 0.250. The lowest BCUT2D eigenvalue weighted by Gasteiger charge is -2.15. The van der Waals surface area contributed by atoms with E-state index in [-0.39, 0.29) is 15.2 Å². The van der Waals surface area contributed by atoms with E-state index < -0.39 is 62.9 Å². The molecule has 0 bridgehead atoms. The molecule has 0 amide bonds. The second kappa shape index (κ2) is 7.23. The lowest BCUT2D eigenvalue weighted by molar-refractivity contribution is -0.144. The number of ketones is 1. The molecule has 12 heteroatoms. The summed E-state index contributed by atoms with van der Waals surface area (Å²) in [5.74, 6) is -5.41. The minimum absolute atomic E-state index is 0.0864. The maximum absolute atomic E-state index is 14.3. The van der Waals surface area contributed by atoms with Crippen molar-refractivity contribution < 1.29 is 32.3 Å². The molecule has 0 saturated carbocycles. The molecule has 1 aromatic carbocycles. The monoisotopic (exact) mass is 422 g/mol. The Kier molecular flexibility index (Phi) is 5.51. The van der Waals surface area contributed by atoms with E-state index in [0.717, 1.165) is 14.0 Å². The molecule has 1 atom stereocenters. The van der Waals surface area contributed by atoms with E-state index in [1.54, 1.807) is 0 Å². The molecule has 1 heterocycles. The molecule has 1 N–H and O–H groups in total. The fourth-order valence-corrected chi connectivity index (χ4v) is 2.61. The van der Waals surface area contributed by atoms with E-state index in [0.29, 0.717) is 12.1 Å². The third kappa shape index (κ3) is 3.70. The highest BCUT2D eigenvalue weighted by Gasteiger charge is 2.35. The number of rotatable bonds is 4. The highest BCUT2D eigenvalue weighted by Crippen LogP contribution is 2.28. The Balaban J connectivity index is 2.80. The number of aliphatic carboxylic acids is 1. The van der Waals surface area contributed by atoms with Gasteiger partial charge in [-0.25, -0.2) is 13.8 Å². The third-order valence-electron chi connectivity index (χ3n) is 3.92. The van der Waals surface area contributed by atoms with Crippen molar-refractivity contribution in [1.82, 2.24) is 9.13 Å². The number of carboxylic acids is 1. The summed E-state index contributed by atoms with van der Waals surface area (Å²) in [5, 5.41) is 8.43. The summed E-state index contributed by atoms with van der Waals surface area (Å²) >= 11 is 5.76. The second-order valence-corrected chi connectivity index (χ2v) is 6.16. The van der Waals surface area contributed by atoms with Gasteiger partial charge in [-0.15, -0.1) is 0 Å². The molecule has 0 aliphatic carbocycles. The Labute approximate surface area is 158 Å². The average Bonchev–Trinajstić information content (AvgIpc) is 2.57. The second-order valence-electron chi connectivity index (χ2n) is 5.75. The van der Waals surface area contributed by atoms with Gasteiger partial charge in [0.2, 0.25) is 0 Å². The van der Waals surface area contributed by atoms with Gasteiger partial charge in [0.15, 0.2) is 5.78 Å². The first-order valence-electron chi connectivity index (χ1n) is 7.44. The highest BCUT2D eigenvalue weighted by molar-refractivity contribution is 6.34. The topological polar surface area (TPSA) is 98.4 Å². The van der Waals surface area contributed by atoms with Gasteiger partial charge in [0, 0.05) is 18.7 Å². The smallest absolute Gasteiger partial charge is 0.431 e. The quantitative estimate of drug-likeness (QED) is 0.463. The Morgan fingerprint density at radius 2 is 1.75 bits per heavy atom. The van der Waals surface area contributed by atoms with E-state index >= 15 is 0 Å². The minimum Gasteiger partial charge on any atom is -0.481 e. The first kappa shape index (κ1) is 21.4. The van der Waals surface area contributed by atoms with Crippen LogP contribution in [0.2, 0.25) is 5.02 Å². The summed E-state index contributed by atoms with van der Waals surface area (Å²) in [6.45, 7) is 1.04. The van der Waals surface area contributed by atoms with Crippen LogP contribution in [-0.4, -0.2) is 26.0 Å². The molecule has 1 aromatic heterocycles. The van der Waals surface area contributed by atoms with E-state index in [2.05, 4.69) is 0 Å². The lowest BCUT2D eigenvalue weighted by Crippen LogP contribution is -2.41. The first-order chi connectivity index (χ1) is 12.8. The Morgan fingerprint density at radius 1 is 1.18 bits per heavy atom. The molecule has 150 valence electrons. The van der Waals surface area contributed by atoms with Gasteiger partial charge >= 0.3 is 17.8 Å². The van der Waals surface area contributed by atoms with Crippen molar-refractivity contribution in [1.29, 1.82) is 0 Å². The van der Waals surface area contributed by atoms with Crippen molar-refractivity contribution in [2.45, 2.75) is 13.1 Å². The van der Waals surface area contributed by atoms with Gasteiger partial charge in [0.1, 0.15) is 17.4 Å². The lowest BCUT2D eigenvalue weighted by atomic mass is 9.99. The number of nitrogens with zero attached hydrogens (tertiary/aromatic N) is 2. The number of aromatic nitrogens is 2. The van der Waals surface area contributed by atoms with E-state index in [1.165, 1.54) is 0 Å². The molecular formula is C16H11ClF4N2O5. The van der Waals surface area contributed by atoms with Gasteiger partial charge in [-0.05, 0) is 19.1 Å². The molecule has 0 spiro atoms. The largest absolute Gasteiger partial charge is 0.481 e. The zero-order valence-corrected chi connectivity index (χ0v) is 14.9. The molecule has 0 saturated heterocycles. The van der Waals surface area contributed by atoms with Crippen LogP contribution in [0.3, 0.4) is 0 Å². The Morgan fingerprint density at radius 3 is 2.25 bits per heavy atom. The normalized spacial score (nSPS) is 12.7. The molecule has 2 aromatic rings. The zero-order valence-electron chi connectivity index (χ0n) is 14.2. The fourth-order valence-electron chi connectivity index (χ4n) is 2.36. The molecule has 7 nitrogen and oxygen atoms in total. The number of halogens is 5. The number of hydrogen-bond acceptors (Lipinski definition) is 4. The van der Waals surface area contributed by atoms with Crippen molar-refractivity contribution in [3.63, 3.8) is 0 Å². The predicted octanol–water partition coefficient (Wildman–Crippen LogP) is 2.25. The summed E-state index contributed by atoms with van der Waals surface area (Å²) in [4.78, 5) is 47.6. The Bertz CT molecular complexity index is 1100. The van der Waals surface area contributed by atoms with E-state index in [9.17, 15) is 36.7 Å². The molecule has 0 aliphatic rings. The molecule has 2 rings (SSSR count). The van der Waals surface area contributed by atoms with Crippen LogP contribution in [0.5, 0.6) is 0 Å². The Hall–Kier alpha value is -2.95. The van der Waals surface area contributed by atoms with Crippen molar-refractivity contribution >= 4 is 23.4 Å². The average molecular weight is 423 g/mol. The van der Waals surface area contributed by atoms with Gasteiger partial charge in [0.05, 0.1) is 10.7 Å². The van der Waals surface area contributed by atoms with Crippen LogP contribution in [0.1, 0.15) is 23.0 Å². The van der Waals surface area contributed by atoms with Crippen LogP contribution in [0.25, 0.3) is 5.69 Å². The number of carbonyl (C=O) groups excluding carboxylic acids is 1. The summed E-state index contributed by atoms with van der Waals surface area (Å²) in [6.07, 6.45) is -5.01. The third-order valence-corrected chi connectivity index (χ3v) is 4.23. The molecule has 28 heavy (non-hydrogen) atoms. The number of alkyl halides is 3.